The van der Waals surface area contributed by atoms with Gasteiger partial charge >= 0.3 is 0 Å². The normalized spacial score (nSPS) is 16.3. The highest BCUT2D eigenvalue weighted by Gasteiger charge is 2.41. The zero-order chi connectivity index (χ0) is 18.3. The van der Waals surface area contributed by atoms with E-state index in [1.54, 1.807) is 18.2 Å². The van der Waals surface area contributed by atoms with E-state index in [-0.39, 0.29) is 11.1 Å². The molecule has 1 atom stereocenters. The molecule has 0 fully saturated rings. The lowest BCUT2D eigenvalue weighted by atomic mass is 10.2. The molecule has 26 heavy (non-hydrogen) atoms. The van der Waals surface area contributed by atoms with Gasteiger partial charge in [0, 0.05) is 24.1 Å². The Morgan fingerprint density at radius 2 is 1.85 bits per heavy atom. The molecule has 4 rings (SSSR count). The number of anilines is 1. The van der Waals surface area contributed by atoms with Gasteiger partial charge < -0.3 is 14.8 Å². The van der Waals surface area contributed by atoms with E-state index in [1.165, 1.54) is 25.4 Å². The van der Waals surface area contributed by atoms with Gasteiger partial charge in [-0.05, 0) is 25.1 Å². The minimum atomic E-state index is -0.976. The number of aromatic nitrogens is 1. The third-order valence-electron chi connectivity index (χ3n) is 4.30. The number of nitrogens with zero attached hydrogens (tertiary/aromatic N) is 2. The summed E-state index contributed by atoms with van der Waals surface area (Å²) >= 11 is 0. The molecule has 0 saturated heterocycles. The number of fused-ring (bicyclic) bond motifs is 2. The van der Waals surface area contributed by atoms with Crippen molar-refractivity contribution in [3.8, 4) is 11.5 Å². The van der Waals surface area contributed by atoms with E-state index < -0.39 is 23.8 Å². The number of pyridine rings is 1. The van der Waals surface area contributed by atoms with Crippen molar-refractivity contribution in [2.75, 3.05) is 18.5 Å². The molecule has 8 nitrogen and oxygen atoms in total. The zero-order valence-corrected chi connectivity index (χ0v) is 13.9. The number of imide groups is 1. The smallest absolute Gasteiger partial charge is 0.263 e. The fourth-order valence-electron chi connectivity index (χ4n) is 2.94. The quantitative estimate of drug-likeness (QED) is 0.840. The molecular formula is C18H15N3O5. The second-order valence-electron chi connectivity index (χ2n) is 5.93. The molecular weight excluding hydrogens is 338 g/mol. The standard InChI is InChI=1S/C18H15N3O5/c1-10(21-17(23)12-4-5-19-9-13(12)18(21)24)16(22)20-11-2-3-14-15(8-11)26-7-6-25-14/h2-5,8-10H,6-7H2,1H3,(H,20,22)/t10-/m1/s1. The SMILES string of the molecule is C[C@H](C(=O)Nc1ccc2c(c1)OCCO2)N1C(=O)c2ccncc2C1=O. The molecule has 0 unspecified atom stereocenters. The van der Waals surface area contributed by atoms with Gasteiger partial charge in [0.05, 0.1) is 11.1 Å². The first-order valence-corrected chi connectivity index (χ1v) is 8.08. The first kappa shape index (κ1) is 16.1. The molecule has 3 amide bonds. The van der Waals surface area contributed by atoms with Crippen LogP contribution >= 0.6 is 0 Å². The highest BCUT2D eigenvalue weighted by molar-refractivity contribution is 6.23. The fourth-order valence-corrected chi connectivity index (χ4v) is 2.94. The Bertz CT molecular complexity index is 892. The molecule has 0 spiro atoms. The lowest BCUT2D eigenvalue weighted by Gasteiger charge is -2.22. The van der Waals surface area contributed by atoms with Crippen LogP contribution in [0.25, 0.3) is 0 Å². The van der Waals surface area contributed by atoms with Crippen LogP contribution in [0.3, 0.4) is 0 Å². The van der Waals surface area contributed by atoms with Crippen molar-refractivity contribution in [2.45, 2.75) is 13.0 Å². The topological polar surface area (TPSA) is 97.8 Å². The van der Waals surface area contributed by atoms with Gasteiger partial charge in [0.25, 0.3) is 11.8 Å². The van der Waals surface area contributed by atoms with Crippen molar-refractivity contribution < 1.29 is 23.9 Å². The molecule has 0 aliphatic carbocycles. The maximum Gasteiger partial charge on any atom is 0.263 e. The molecule has 2 aliphatic heterocycles. The fraction of sp³-hybridized carbons (Fsp3) is 0.222. The summed E-state index contributed by atoms with van der Waals surface area (Å²) < 4.78 is 10.9. The Morgan fingerprint density at radius 3 is 2.62 bits per heavy atom. The summed E-state index contributed by atoms with van der Waals surface area (Å²) in [5.41, 5.74) is 0.949. The third-order valence-corrected chi connectivity index (χ3v) is 4.30. The molecule has 1 N–H and O–H groups in total. The molecule has 3 heterocycles. The Morgan fingerprint density at radius 1 is 1.12 bits per heavy atom. The first-order valence-electron chi connectivity index (χ1n) is 8.08. The number of amides is 3. The maximum atomic E-state index is 12.6. The van der Waals surface area contributed by atoms with Crippen molar-refractivity contribution in [2.24, 2.45) is 0 Å². The van der Waals surface area contributed by atoms with Gasteiger partial charge in [-0.3, -0.25) is 24.3 Å². The highest BCUT2D eigenvalue weighted by Crippen LogP contribution is 2.33. The predicted molar refractivity (Wildman–Crippen MR) is 90.3 cm³/mol. The van der Waals surface area contributed by atoms with E-state index in [0.717, 1.165) is 4.90 Å². The number of nitrogens with one attached hydrogen (secondary N) is 1. The number of benzene rings is 1. The van der Waals surface area contributed by atoms with E-state index in [1.807, 2.05) is 0 Å². The Kier molecular flexibility index (Phi) is 3.80. The summed E-state index contributed by atoms with van der Waals surface area (Å²) in [5.74, 6) is -0.368. The van der Waals surface area contributed by atoms with Crippen molar-refractivity contribution >= 4 is 23.4 Å². The van der Waals surface area contributed by atoms with E-state index in [9.17, 15) is 14.4 Å². The van der Waals surface area contributed by atoms with E-state index >= 15 is 0 Å². The number of carbonyl (C=O) groups is 3. The molecule has 0 saturated carbocycles. The van der Waals surface area contributed by atoms with Gasteiger partial charge in [-0.2, -0.15) is 0 Å². The van der Waals surface area contributed by atoms with Crippen LogP contribution in [0, 0.1) is 0 Å². The summed E-state index contributed by atoms with van der Waals surface area (Å²) in [6.07, 6.45) is 2.77. The largest absolute Gasteiger partial charge is 0.486 e. The van der Waals surface area contributed by atoms with Crippen molar-refractivity contribution in [3.63, 3.8) is 0 Å². The summed E-state index contributed by atoms with van der Waals surface area (Å²) in [4.78, 5) is 42.3. The molecule has 2 aromatic rings. The van der Waals surface area contributed by atoms with Gasteiger partial charge in [-0.1, -0.05) is 0 Å². The summed E-state index contributed by atoms with van der Waals surface area (Å²) in [6.45, 7) is 2.41. The summed E-state index contributed by atoms with van der Waals surface area (Å²) in [6, 6.07) is 5.51. The zero-order valence-electron chi connectivity index (χ0n) is 13.9. The van der Waals surface area contributed by atoms with E-state index in [0.29, 0.717) is 30.4 Å². The van der Waals surface area contributed by atoms with Gasteiger partial charge in [0.1, 0.15) is 19.3 Å². The number of carbonyl (C=O) groups excluding carboxylic acids is 3. The lowest BCUT2D eigenvalue weighted by molar-refractivity contribution is -0.119. The first-order chi connectivity index (χ1) is 12.6. The third kappa shape index (κ3) is 2.55. The number of ether oxygens (including phenoxy) is 2. The van der Waals surface area contributed by atoms with Crippen LogP contribution in [0.1, 0.15) is 27.6 Å². The predicted octanol–water partition coefficient (Wildman–Crippen LogP) is 1.48. The number of rotatable bonds is 3. The van der Waals surface area contributed by atoms with Crippen LogP contribution in [-0.2, 0) is 4.79 Å². The average Bonchev–Trinajstić information content (AvgIpc) is 2.92. The van der Waals surface area contributed by atoms with E-state index in [4.69, 9.17) is 9.47 Å². The van der Waals surface area contributed by atoms with Gasteiger partial charge in [0.15, 0.2) is 11.5 Å². The van der Waals surface area contributed by atoms with Crippen LogP contribution in [0.2, 0.25) is 0 Å². The molecule has 0 bridgehead atoms. The van der Waals surface area contributed by atoms with Gasteiger partial charge in [0.2, 0.25) is 5.91 Å². The van der Waals surface area contributed by atoms with Crippen LogP contribution in [-0.4, -0.2) is 46.9 Å². The van der Waals surface area contributed by atoms with Gasteiger partial charge in [-0.25, -0.2) is 0 Å². The van der Waals surface area contributed by atoms with Crippen molar-refractivity contribution in [3.05, 3.63) is 47.8 Å². The number of hydrogen-bond acceptors (Lipinski definition) is 6. The Labute approximate surface area is 148 Å². The molecule has 132 valence electrons. The molecule has 8 heteroatoms. The molecule has 1 aromatic heterocycles. The van der Waals surface area contributed by atoms with E-state index in [2.05, 4.69) is 10.3 Å². The van der Waals surface area contributed by atoms with Crippen LogP contribution in [0.4, 0.5) is 5.69 Å². The van der Waals surface area contributed by atoms with Crippen molar-refractivity contribution in [1.29, 1.82) is 0 Å². The summed E-state index contributed by atoms with van der Waals surface area (Å²) in [5, 5.41) is 2.70. The summed E-state index contributed by atoms with van der Waals surface area (Å²) in [7, 11) is 0. The van der Waals surface area contributed by atoms with Gasteiger partial charge in [-0.15, -0.1) is 0 Å². The molecule has 2 aliphatic rings. The highest BCUT2D eigenvalue weighted by atomic mass is 16.6. The monoisotopic (exact) mass is 353 g/mol. The Hall–Kier alpha value is -3.42. The second kappa shape index (κ2) is 6.14. The average molecular weight is 353 g/mol. The second-order valence-corrected chi connectivity index (χ2v) is 5.93. The minimum Gasteiger partial charge on any atom is -0.486 e. The van der Waals surface area contributed by atoms with Crippen LogP contribution in [0.15, 0.2) is 36.7 Å². The minimum absolute atomic E-state index is 0.205. The lowest BCUT2D eigenvalue weighted by Crippen LogP contribution is -2.45. The molecule has 1 aromatic carbocycles. The maximum absolute atomic E-state index is 12.6. The number of hydrogen-bond donors (Lipinski definition) is 1. The van der Waals surface area contributed by atoms with Crippen LogP contribution < -0.4 is 14.8 Å². The van der Waals surface area contributed by atoms with Crippen LogP contribution in [0.5, 0.6) is 11.5 Å². The molecule has 0 radical (unpaired) electrons. The van der Waals surface area contributed by atoms with Crippen molar-refractivity contribution in [1.82, 2.24) is 9.88 Å². The Balaban J connectivity index is 1.52.